The lowest BCUT2D eigenvalue weighted by Crippen LogP contribution is -2.26. The fourth-order valence-corrected chi connectivity index (χ4v) is 3.30. The molecule has 0 spiro atoms. The van der Waals surface area contributed by atoms with Crippen molar-refractivity contribution >= 4 is 23.4 Å². The molecule has 0 unspecified atom stereocenters. The first-order valence-electron chi connectivity index (χ1n) is 7.05. The smallest absolute Gasteiger partial charge is 0.328 e. The summed E-state index contributed by atoms with van der Waals surface area (Å²) in [5, 5.41) is 10.6. The van der Waals surface area contributed by atoms with E-state index in [9.17, 15) is 4.79 Å². The van der Waals surface area contributed by atoms with Crippen molar-refractivity contribution in [3.8, 4) is 0 Å². The van der Waals surface area contributed by atoms with Crippen molar-refractivity contribution in [3.63, 3.8) is 0 Å². The van der Waals surface area contributed by atoms with E-state index in [4.69, 9.17) is 9.84 Å². The molecule has 20 heavy (non-hydrogen) atoms. The standard InChI is InChI=1S/C16H22O3S/c1-16(2)8-5-13(6-9-16)19-11-14-12(7-10-20-14)3-4-15(17)18/h3-4,7,10,13H,5-6,8-9,11H2,1-2H3,(H,17,18)/b4-3+. The normalized spacial score (nSPS) is 19.5. The van der Waals surface area contributed by atoms with Crippen LogP contribution in [0.3, 0.4) is 0 Å². The van der Waals surface area contributed by atoms with Crippen LogP contribution in [0.4, 0.5) is 0 Å². The summed E-state index contributed by atoms with van der Waals surface area (Å²) in [5.74, 6) is -0.919. The largest absolute Gasteiger partial charge is 0.478 e. The molecule has 1 heterocycles. The van der Waals surface area contributed by atoms with Crippen molar-refractivity contribution in [2.45, 2.75) is 52.2 Å². The van der Waals surface area contributed by atoms with E-state index in [1.807, 2.05) is 11.4 Å². The Morgan fingerprint density at radius 2 is 2.20 bits per heavy atom. The highest BCUT2D eigenvalue weighted by molar-refractivity contribution is 7.10. The summed E-state index contributed by atoms with van der Waals surface area (Å²) < 4.78 is 6.00. The van der Waals surface area contributed by atoms with Crippen LogP contribution in [0.15, 0.2) is 17.5 Å². The Morgan fingerprint density at radius 3 is 2.85 bits per heavy atom. The van der Waals surface area contributed by atoms with Crippen LogP contribution in [0.25, 0.3) is 6.08 Å². The zero-order valence-corrected chi connectivity index (χ0v) is 12.9. The van der Waals surface area contributed by atoms with Gasteiger partial charge in [-0.15, -0.1) is 11.3 Å². The van der Waals surface area contributed by atoms with E-state index in [1.165, 1.54) is 18.9 Å². The summed E-state index contributed by atoms with van der Waals surface area (Å²) >= 11 is 1.62. The summed E-state index contributed by atoms with van der Waals surface area (Å²) in [6, 6.07) is 1.94. The van der Waals surface area contributed by atoms with Gasteiger partial charge in [-0.05, 0) is 54.2 Å². The first-order chi connectivity index (χ1) is 9.46. The third kappa shape index (κ3) is 4.46. The SMILES string of the molecule is CC1(C)CCC(OCc2sccc2/C=C/C(=O)O)CC1. The zero-order chi connectivity index (χ0) is 14.6. The minimum absolute atomic E-state index is 0.349. The lowest BCUT2D eigenvalue weighted by molar-refractivity contribution is -0.131. The Hall–Kier alpha value is -1.13. The number of carboxylic acids is 1. The molecule has 0 atom stereocenters. The Morgan fingerprint density at radius 1 is 1.50 bits per heavy atom. The number of carbonyl (C=O) groups is 1. The second-order valence-electron chi connectivity index (χ2n) is 6.15. The minimum atomic E-state index is -0.919. The highest BCUT2D eigenvalue weighted by Crippen LogP contribution is 2.36. The number of aliphatic carboxylic acids is 1. The van der Waals surface area contributed by atoms with Gasteiger partial charge in [0.1, 0.15) is 0 Å². The van der Waals surface area contributed by atoms with Gasteiger partial charge in [0, 0.05) is 11.0 Å². The molecule has 0 aliphatic heterocycles. The van der Waals surface area contributed by atoms with Crippen LogP contribution < -0.4 is 0 Å². The number of hydrogen-bond acceptors (Lipinski definition) is 3. The maximum Gasteiger partial charge on any atom is 0.328 e. The molecule has 1 aromatic rings. The summed E-state index contributed by atoms with van der Waals surface area (Å²) in [6.45, 7) is 5.22. The number of carboxylic acid groups (broad SMARTS) is 1. The van der Waals surface area contributed by atoms with Crippen molar-refractivity contribution in [2.24, 2.45) is 5.41 Å². The summed E-state index contributed by atoms with van der Waals surface area (Å²) in [6.07, 6.45) is 7.84. The molecule has 0 bridgehead atoms. The van der Waals surface area contributed by atoms with E-state index in [0.717, 1.165) is 23.3 Å². The van der Waals surface area contributed by atoms with E-state index in [1.54, 1.807) is 17.4 Å². The molecule has 2 rings (SSSR count). The van der Waals surface area contributed by atoms with Crippen LogP contribution in [0.2, 0.25) is 0 Å². The molecule has 0 aromatic carbocycles. The molecule has 1 N–H and O–H groups in total. The van der Waals surface area contributed by atoms with E-state index in [-0.39, 0.29) is 0 Å². The average molecular weight is 294 g/mol. The van der Waals surface area contributed by atoms with Gasteiger partial charge in [0.15, 0.2) is 0 Å². The van der Waals surface area contributed by atoms with Crippen LogP contribution >= 0.6 is 11.3 Å². The number of rotatable bonds is 5. The van der Waals surface area contributed by atoms with Crippen LogP contribution in [-0.4, -0.2) is 17.2 Å². The van der Waals surface area contributed by atoms with Gasteiger partial charge in [-0.2, -0.15) is 0 Å². The second-order valence-corrected chi connectivity index (χ2v) is 7.15. The van der Waals surface area contributed by atoms with Gasteiger partial charge in [0.25, 0.3) is 0 Å². The molecular weight excluding hydrogens is 272 g/mol. The molecule has 0 saturated heterocycles. The predicted molar refractivity (Wildman–Crippen MR) is 81.8 cm³/mol. The van der Waals surface area contributed by atoms with Crippen molar-refractivity contribution in [2.75, 3.05) is 0 Å². The molecule has 1 aliphatic carbocycles. The third-order valence-electron chi connectivity index (χ3n) is 3.92. The van der Waals surface area contributed by atoms with Crippen LogP contribution in [-0.2, 0) is 16.1 Å². The maximum atomic E-state index is 10.6. The topological polar surface area (TPSA) is 46.5 Å². The Balaban J connectivity index is 1.86. The fourth-order valence-electron chi connectivity index (χ4n) is 2.51. The van der Waals surface area contributed by atoms with E-state index in [2.05, 4.69) is 13.8 Å². The predicted octanol–water partition coefficient (Wildman–Crippen LogP) is 4.33. The molecule has 4 heteroatoms. The molecule has 1 fully saturated rings. The Bertz CT molecular complexity index is 478. The maximum absolute atomic E-state index is 10.6. The van der Waals surface area contributed by atoms with E-state index in [0.29, 0.717) is 18.1 Å². The molecule has 0 radical (unpaired) electrons. The quantitative estimate of drug-likeness (QED) is 0.822. The molecule has 3 nitrogen and oxygen atoms in total. The van der Waals surface area contributed by atoms with Gasteiger partial charge in [0.2, 0.25) is 0 Å². The fraction of sp³-hybridized carbons (Fsp3) is 0.562. The van der Waals surface area contributed by atoms with Crippen molar-refractivity contribution in [1.82, 2.24) is 0 Å². The third-order valence-corrected chi connectivity index (χ3v) is 4.83. The summed E-state index contributed by atoms with van der Waals surface area (Å²) in [4.78, 5) is 11.7. The van der Waals surface area contributed by atoms with Crippen LogP contribution in [0, 0.1) is 5.41 Å². The molecule has 1 saturated carbocycles. The number of hydrogen-bond donors (Lipinski definition) is 1. The van der Waals surface area contributed by atoms with Gasteiger partial charge in [-0.3, -0.25) is 0 Å². The molecule has 1 aromatic heterocycles. The van der Waals surface area contributed by atoms with Crippen molar-refractivity contribution < 1.29 is 14.6 Å². The van der Waals surface area contributed by atoms with Crippen molar-refractivity contribution in [1.29, 1.82) is 0 Å². The lowest BCUT2D eigenvalue weighted by atomic mass is 9.76. The first-order valence-corrected chi connectivity index (χ1v) is 7.93. The molecule has 110 valence electrons. The Labute approximate surface area is 124 Å². The first kappa shape index (κ1) is 15.3. The average Bonchev–Trinajstić information content (AvgIpc) is 2.82. The number of thiophene rings is 1. The van der Waals surface area contributed by atoms with E-state index < -0.39 is 5.97 Å². The van der Waals surface area contributed by atoms with E-state index >= 15 is 0 Å². The molecule has 1 aliphatic rings. The highest BCUT2D eigenvalue weighted by atomic mass is 32.1. The Kier molecular flexibility index (Phi) is 5.00. The second kappa shape index (κ2) is 6.55. The minimum Gasteiger partial charge on any atom is -0.478 e. The highest BCUT2D eigenvalue weighted by Gasteiger charge is 2.27. The van der Waals surface area contributed by atoms with Crippen LogP contribution in [0.1, 0.15) is 50.0 Å². The summed E-state index contributed by atoms with van der Waals surface area (Å²) in [7, 11) is 0. The van der Waals surface area contributed by atoms with Gasteiger partial charge in [-0.1, -0.05) is 13.8 Å². The van der Waals surface area contributed by atoms with Crippen molar-refractivity contribution in [3.05, 3.63) is 28.0 Å². The molecule has 0 amide bonds. The lowest BCUT2D eigenvalue weighted by Gasteiger charge is -2.34. The van der Waals surface area contributed by atoms with Gasteiger partial charge < -0.3 is 9.84 Å². The van der Waals surface area contributed by atoms with Gasteiger partial charge in [0.05, 0.1) is 12.7 Å². The zero-order valence-electron chi connectivity index (χ0n) is 12.1. The summed E-state index contributed by atoms with van der Waals surface area (Å²) in [5.41, 5.74) is 1.41. The van der Waals surface area contributed by atoms with Gasteiger partial charge >= 0.3 is 5.97 Å². The van der Waals surface area contributed by atoms with Gasteiger partial charge in [-0.25, -0.2) is 4.79 Å². The molecular formula is C16H22O3S. The van der Waals surface area contributed by atoms with Crippen LogP contribution in [0.5, 0.6) is 0 Å². The monoisotopic (exact) mass is 294 g/mol. The number of ether oxygens (including phenoxy) is 1.